The summed E-state index contributed by atoms with van der Waals surface area (Å²) in [4.78, 5) is 32.1. The molecule has 0 saturated heterocycles. The molecular weight excluding hydrogens is 310 g/mol. The van der Waals surface area contributed by atoms with Gasteiger partial charge in [-0.3, -0.25) is 4.79 Å². The van der Waals surface area contributed by atoms with Gasteiger partial charge in [-0.05, 0) is 19.9 Å². The fourth-order valence-corrected chi connectivity index (χ4v) is 2.60. The van der Waals surface area contributed by atoms with Gasteiger partial charge in [0.15, 0.2) is 5.82 Å². The highest BCUT2D eigenvalue weighted by Crippen LogP contribution is 2.13. The first kappa shape index (κ1) is 15.7. The minimum Gasteiger partial charge on any atom is -0.348 e. The molecule has 3 rings (SSSR count). The van der Waals surface area contributed by atoms with E-state index in [4.69, 9.17) is 0 Å². The molecule has 2 aromatic heterocycles. The van der Waals surface area contributed by atoms with Crippen LogP contribution >= 0.6 is 0 Å². The summed E-state index contributed by atoms with van der Waals surface area (Å²) in [5.41, 5.74) is 1.85. The number of allylic oxidation sites excluding steroid dienone is 1. The van der Waals surface area contributed by atoms with Crippen molar-refractivity contribution in [3.8, 4) is 5.82 Å². The second-order valence-corrected chi connectivity index (χ2v) is 5.37. The molecular formula is C15H17N7O2. The number of hydrogen-bond donors (Lipinski definition) is 3. The van der Waals surface area contributed by atoms with E-state index in [1.54, 1.807) is 32.4 Å². The minimum atomic E-state index is -0.359. The lowest BCUT2D eigenvalue weighted by Crippen LogP contribution is -2.50. The van der Waals surface area contributed by atoms with Crippen LogP contribution in [-0.2, 0) is 11.3 Å². The monoisotopic (exact) mass is 327 g/mol. The lowest BCUT2D eigenvalue weighted by Gasteiger charge is -2.25. The molecule has 3 N–H and O–H groups in total. The van der Waals surface area contributed by atoms with Crippen LogP contribution < -0.4 is 16.0 Å². The van der Waals surface area contributed by atoms with Crippen LogP contribution in [0.3, 0.4) is 0 Å². The van der Waals surface area contributed by atoms with E-state index < -0.39 is 0 Å². The van der Waals surface area contributed by atoms with Crippen LogP contribution in [0, 0.1) is 0 Å². The summed E-state index contributed by atoms with van der Waals surface area (Å²) < 4.78 is 1.54. The summed E-state index contributed by atoms with van der Waals surface area (Å²) in [6.07, 6.45) is 4.62. The molecule has 0 radical (unpaired) electrons. The fourth-order valence-electron chi connectivity index (χ4n) is 2.60. The third-order valence-corrected chi connectivity index (χ3v) is 3.67. The van der Waals surface area contributed by atoms with E-state index in [0.29, 0.717) is 17.1 Å². The number of carbonyl (C=O) groups excluding carboxylic acids is 2. The maximum absolute atomic E-state index is 12.5. The van der Waals surface area contributed by atoms with Crippen molar-refractivity contribution in [3.05, 3.63) is 47.8 Å². The van der Waals surface area contributed by atoms with Crippen molar-refractivity contribution in [2.75, 3.05) is 0 Å². The second kappa shape index (κ2) is 6.49. The molecule has 3 heterocycles. The highest BCUT2D eigenvalue weighted by Gasteiger charge is 2.26. The first-order valence-electron chi connectivity index (χ1n) is 7.41. The molecule has 1 aliphatic rings. The molecule has 0 bridgehead atoms. The number of pyridine rings is 1. The van der Waals surface area contributed by atoms with E-state index in [-0.39, 0.29) is 24.5 Å². The molecule has 1 atom stereocenters. The fraction of sp³-hybridized carbons (Fsp3) is 0.267. The summed E-state index contributed by atoms with van der Waals surface area (Å²) >= 11 is 0. The number of rotatable bonds is 4. The Kier molecular flexibility index (Phi) is 4.23. The van der Waals surface area contributed by atoms with Crippen LogP contribution in [0.4, 0.5) is 4.79 Å². The molecule has 3 amide bonds. The Hall–Kier alpha value is -3.23. The highest BCUT2D eigenvalue weighted by molar-refractivity contribution is 5.98. The zero-order valence-corrected chi connectivity index (χ0v) is 13.3. The second-order valence-electron chi connectivity index (χ2n) is 5.37. The molecule has 124 valence electrons. The van der Waals surface area contributed by atoms with E-state index in [1.807, 2.05) is 6.07 Å². The molecule has 9 heteroatoms. The highest BCUT2D eigenvalue weighted by atomic mass is 16.2. The summed E-state index contributed by atoms with van der Waals surface area (Å²) in [5, 5.41) is 12.2. The van der Waals surface area contributed by atoms with Gasteiger partial charge in [-0.15, -0.1) is 0 Å². The zero-order valence-electron chi connectivity index (χ0n) is 13.3. The van der Waals surface area contributed by atoms with Crippen LogP contribution in [0.5, 0.6) is 0 Å². The van der Waals surface area contributed by atoms with Crippen molar-refractivity contribution in [1.82, 2.24) is 35.7 Å². The molecule has 0 spiro atoms. The van der Waals surface area contributed by atoms with E-state index in [0.717, 1.165) is 5.56 Å². The van der Waals surface area contributed by atoms with Gasteiger partial charge in [0.05, 0.1) is 11.6 Å². The molecule has 2 aromatic rings. The number of hydrogen-bond acceptors (Lipinski definition) is 5. The quantitative estimate of drug-likeness (QED) is 0.745. The average Bonchev–Trinajstić information content (AvgIpc) is 3.06. The van der Waals surface area contributed by atoms with E-state index in [9.17, 15) is 9.59 Å². The minimum absolute atomic E-state index is 0.249. The summed E-state index contributed by atoms with van der Waals surface area (Å²) in [7, 11) is 0. The van der Waals surface area contributed by atoms with Gasteiger partial charge in [0.1, 0.15) is 12.7 Å². The van der Waals surface area contributed by atoms with Crippen molar-refractivity contribution in [1.29, 1.82) is 0 Å². The molecule has 0 aliphatic carbocycles. The van der Waals surface area contributed by atoms with Crippen LogP contribution in [0.25, 0.3) is 5.82 Å². The maximum Gasteiger partial charge on any atom is 0.319 e. The van der Waals surface area contributed by atoms with Gasteiger partial charge in [-0.1, -0.05) is 6.07 Å². The molecule has 0 aromatic carbocycles. The van der Waals surface area contributed by atoms with Crippen molar-refractivity contribution in [2.45, 2.75) is 26.4 Å². The van der Waals surface area contributed by atoms with E-state index in [1.165, 1.54) is 11.0 Å². The zero-order chi connectivity index (χ0) is 17.1. The Morgan fingerprint density at radius 1 is 1.46 bits per heavy atom. The lowest BCUT2D eigenvalue weighted by atomic mass is 10.0. The maximum atomic E-state index is 12.5. The number of nitrogens with zero attached hydrogens (tertiary/aromatic N) is 4. The molecule has 9 nitrogen and oxygen atoms in total. The predicted molar refractivity (Wildman–Crippen MR) is 84.8 cm³/mol. The smallest absolute Gasteiger partial charge is 0.319 e. The number of carbonyl (C=O) groups is 2. The van der Waals surface area contributed by atoms with Crippen LogP contribution in [0.2, 0.25) is 0 Å². The van der Waals surface area contributed by atoms with Crippen molar-refractivity contribution in [2.24, 2.45) is 0 Å². The molecule has 24 heavy (non-hydrogen) atoms. The van der Waals surface area contributed by atoms with E-state index in [2.05, 4.69) is 31.0 Å². The number of amides is 3. The van der Waals surface area contributed by atoms with Gasteiger partial charge < -0.3 is 16.0 Å². The third-order valence-electron chi connectivity index (χ3n) is 3.67. The van der Waals surface area contributed by atoms with Gasteiger partial charge in [-0.25, -0.2) is 19.4 Å². The molecule has 0 unspecified atom stereocenters. The topological polar surface area (TPSA) is 114 Å². The molecule has 0 fully saturated rings. The van der Waals surface area contributed by atoms with E-state index >= 15 is 0 Å². The normalized spacial score (nSPS) is 17.2. The standard InChI is InChI=1S/C15H17N7O2/c1-9-12(10(2)21-15(24)20-9)14(23)18-6-11-4-3-5-17-13(11)22-8-16-7-19-22/h3-5,7-9H,6H2,1-2H3,(H,18,23)(H2,20,21,24)/t9-/m0/s1. The summed E-state index contributed by atoms with van der Waals surface area (Å²) in [5.74, 6) is 0.352. The first-order chi connectivity index (χ1) is 11.6. The summed E-state index contributed by atoms with van der Waals surface area (Å²) in [6.45, 7) is 3.75. The van der Waals surface area contributed by atoms with Gasteiger partial charge >= 0.3 is 6.03 Å². The van der Waals surface area contributed by atoms with Crippen LogP contribution in [0.1, 0.15) is 19.4 Å². The first-order valence-corrected chi connectivity index (χ1v) is 7.41. The van der Waals surface area contributed by atoms with Crippen molar-refractivity contribution in [3.63, 3.8) is 0 Å². The van der Waals surface area contributed by atoms with Crippen LogP contribution in [0.15, 0.2) is 42.3 Å². The van der Waals surface area contributed by atoms with Crippen molar-refractivity contribution < 1.29 is 9.59 Å². The van der Waals surface area contributed by atoms with Gasteiger partial charge in [0.25, 0.3) is 5.91 Å². The lowest BCUT2D eigenvalue weighted by molar-refractivity contribution is -0.118. The Bertz CT molecular complexity index is 798. The Morgan fingerprint density at radius 3 is 3.00 bits per heavy atom. The van der Waals surface area contributed by atoms with Gasteiger partial charge in [-0.2, -0.15) is 5.10 Å². The molecule has 1 aliphatic heterocycles. The summed E-state index contributed by atoms with van der Waals surface area (Å²) in [6, 6.07) is 2.98. The predicted octanol–water partition coefficient (Wildman–Crippen LogP) is 0.254. The third kappa shape index (κ3) is 3.09. The number of urea groups is 1. The number of aromatic nitrogens is 4. The number of nitrogens with one attached hydrogen (secondary N) is 3. The van der Waals surface area contributed by atoms with Gasteiger partial charge in [0.2, 0.25) is 0 Å². The Balaban J connectivity index is 1.76. The van der Waals surface area contributed by atoms with Gasteiger partial charge in [0, 0.05) is 24.0 Å². The molecule has 0 saturated carbocycles. The SMILES string of the molecule is CC1=C(C(=O)NCc2cccnc2-n2cncn2)[C@H](C)NC(=O)N1. The average molecular weight is 327 g/mol. The Labute approximate surface area is 138 Å². The largest absolute Gasteiger partial charge is 0.348 e. The van der Waals surface area contributed by atoms with Crippen LogP contribution in [-0.4, -0.2) is 37.7 Å². The Morgan fingerprint density at radius 2 is 2.29 bits per heavy atom. The van der Waals surface area contributed by atoms with Crippen molar-refractivity contribution >= 4 is 11.9 Å².